The van der Waals surface area contributed by atoms with E-state index in [1.165, 1.54) is 23.5 Å². The molecule has 1 aliphatic carbocycles. The Hall–Kier alpha value is -3.43. The van der Waals surface area contributed by atoms with E-state index in [4.69, 9.17) is 9.47 Å². The molecule has 2 aromatic rings. The Labute approximate surface area is 214 Å². The molecule has 0 N–H and O–H groups in total. The molecule has 5 rings (SSSR count). The van der Waals surface area contributed by atoms with Crippen molar-refractivity contribution in [1.29, 1.82) is 0 Å². The summed E-state index contributed by atoms with van der Waals surface area (Å²) in [6.45, 7) is 0.188. The van der Waals surface area contributed by atoms with Gasteiger partial charge in [0.15, 0.2) is 6.29 Å². The summed E-state index contributed by atoms with van der Waals surface area (Å²) in [6.07, 6.45) is 4.73. The van der Waals surface area contributed by atoms with Gasteiger partial charge in [0.2, 0.25) is 0 Å². The molecule has 2 aromatic carbocycles. The Morgan fingerprint density at radius 2 is 1.54 bits per heavy atom. The maximum Gasteiger partial charge on any atom is 0.269 e. The largest absolute Gasteiger partial charge is 0.345 e. The zero-order chi connectivity index (χ0) is 25.9. The summed E-state index contributed by atoms with van der Waals surface area (Å²) < 4.78 is 12.4. The van der Waals surface area contributed by atoms with Crippen molar-refractivity contribution in [1.82, 2.24) is 4.90 Å². The Morgan fingerprint density at radius 3 is 2.16 bits per heavy atom. The van der Waals surface area contributed by atoms with Crippen molar-refractivity contribution in [2.45, 2.75) is 69.9 Å². The predicted molar refractivity (Wildman–Crippen MR) is 133 cm³/mol. The lowest BCUT2D eigenvalue weighted by molar-refractivity contribution is -0.384. The SMILES string of the molecule is O=C(C[C@H]1C[C@@H](CCN2C(=O)c3ccccc3C2=O)O[C@@H](c2ccc([N+](=O)[O-])cc2)O1)C1CCCCC1. The van der Waals surface area contributed by atoms with Gasteiger partial charge in [0, 0.05) is 43.0 Å². The van der Waals surface area contributed by atoms with Crippen LogP contribution in [0.5, 0.6) is 0 Å². The van der Waals surface area contributed by atoms with Crippen LogP contribution in [0.1, 0.15) is 83.9 Å². The summed E-state index contributed by atoms with van der Waals surface area (Å²) in [6, 6.07) is 12.7. The number of nitro groups is 1. The van der Waals surface area contributed by atoms with Crippen LogP contribution in [-0.2, 0) is 14.3 Å². The number of imide groups is 1. The topological polar surface area (TPSA) is 116 Å². The van der Waals surface area contributed by atoms with Gasteiger partial charge in [-0.2, -0.15) is 0 Å². The van der Waals surface area contributed by atoms with Crippen molar-refractivity contribution >= 4 is 23.3 Å². The van der Waals surface area contributed by atoms with Gasteiger partial charge < -0.3 is 9.47 Å². The summed E-state index contributed by atoms with van der Waals surface area (Å²) >= 11 is 0. The number of hydrogen-bond acceptors (Lipinski definition) is 7. The van der Waals surface area contributed by atoms with Crippen LogP contribution >= 0.6 is 0 Å². The lowest BCUT2D eigenvalue weighted by Gasteiger charge is -2.37. The number of ether oxygens (including phenoxy) is 2. The van der Waals surface area contributed by atoms with Crippen LogP contribution in [0.15, 0.2) is 48.5 Å². The second-order valence-corrected chi connectivity index (χ2v) is 10.0. The minimum absolute atomic E-state index is 0.0363. The second-order valence-electron chi connectivity index (χ2n) is 10.0. The molecule has 2 amide bonds. The molecule has 2 heterocycles. The van der Waals surface area contributed by atoms with Crippen LogP contribution < -0.4 is 0 Å². The molecule has 2 aliphatic heterocycles. The molecule has 9 nitrogen and oxygen atoms in total. The summed E-state index contributed by atoms with van der Waals surface area (Å²) in [5, 5.41) is 11.1. The Morgan fingerprint density at radius 1 is 0.919 bits per heavy atom. The van der Waals surface area contributed by atoms with Gasteiger partial charge in [0.25, 0.3) is 17.5 Å². The molecule has 9 heteroatoms. The molecule has 0 radical (unpaired) electrons. The normalized spacial score (nSPS) is 24.2. The number of fused-ring (bicyclic) bond motifs is 1. The van der Waals surface area contributed by atoms with Crippen LogP contribution in [0, 0.1) is 16.0 Å². The van der Waals surface area contributed by atoms with Crippen molar-refractivity contribution in [2.75, 3.05) is 6.54 Å². The van der Waals surface area contributed by atoms with Crippen LogP contribution in [-0.4, -0.2) is 46.2 Å². The first-order valence-electron chi connectivity index (χ1n) is 12.9. The highest BCUT2D eigenvalue weighted by molar-refractivity contribution is 6.21. The van der Waals surface area contributed by atoms with Gasteiger partial charge in [0.05, 0.1) is 28.3 Å². The highest BCUT2D eigenvalue weighted by Crippen LogP contribution is 2.35. The standard InChI is InChI=1S/C28H30N2O7/c31-25(18-6-2-1-3-7-18)17-22-16-21(36-28(37-22)19-10-12-20(13-11-19)30(34)35)14-15-29-26(32)23-8-4-5-9-24(23)27(29)33/h4-5,8-13,18,21-22,28H,1-3,6-7,14-17H2/t21-,22-,28-/m1/s1. The van der Waals surface area contributed by atoms with E-state index in [2.05, 4.69) is 0 Å². The lowest BCUT2D eigenvalue weighted by Crippen LogP contribution is -2.39. The summed E-state index contributed by atoms with van der Waals surface area (Å²) in [5.74, 6) is -0.366. The lowest BCUT2D eigenvalue weighted by atomic mass is 9.84. The van der Waals surface area contributed by atoms with Gasteiger partial charge >= 0.3 is 0 Å². The van der Waals surface area contributed by atoms with Gasteiger partial charge in [-0.3, -0.25) is 29.4 Å². The van der Waals surface area contributed by atoms with Crippen molar-refractivity contribution < 1.29 is 28.8 Å². The number of Topliss-reactive ketones (excluding diaryl/α,β-unsaturated/α-hetero) is 1. The molecule has 3 atom stereocenters. The fraction of sp³-hybridized carbons (Fsp3) is 0.464. The van der Waals surface area contributed by atoms with E-state index in [1.54, 1.807) is 36.4 Å². The van der Waals surface area contributed by atoms with Crippen LogP contribution in [0.25, 0.3) is 0 Å². The fourth-order valence-corrected chi connectivity index (χ4v) is 5.54. The van der Waals surface area contributed by atoms with E-state index in [-0.39, 0.29) is 54.4 Å². The third kappa shape index (κ3) is 5.47. The Balaban J connectivity index is 1.29. The van der Waals surface area contributed by atoms with Gasteiger partial charge in [-0.1, -0.05) is 31.4 Å². The smallest absolute Gasteiger partial charge is 0.269 e. The second kappa shape index (κ2) is 10.9. The van der Waals surface area contributed by atoms with Crippen LogP contribution in [0.2, 0.25) is 0 Å². The molecular weight excluding hydrogens is 476 g/mol. The molecular formula is C28H30N2O7. The monoisotopic (exact) mass is 506 g/mol. The van der Waals surface area contributed by atoms with E-state index >= 15 is 0 Å². The van der Waals surface area contributed by atoms with Crippen molar-refractivity contribution in [3.8, 4) is 0 Å². The van der Waals surface area contributed by atoms with Gasteiger partial charge in [0.1, 0.15) is 5.78 Å². The number of rotatable bonds is 8. The molecule has 1 saturated heterocycles. The molecule has 0 aromatic heterocycles. The molecule has 0 unspecified atom stereocenters. The average Bonchev–Trinajstić information content (AvgIpc) is 3.17. The molecule has 1 saturated carbocycles. The van der Waals surface area contributed by atoms with E-state index in [0.29, 0.717) is 29.5 Å². The fourth-order valence-electron chi connectivity index (χ4n) is 5.54. The number of nitrogens with zero attached hydrogens (tertiary/aromatic N) is 2. The maximum absolute atomic E-state index is 13.0. The van der Waals surface area contributed by atoms with Crippen molar-refractivity contribution in [3.63, 3.8) is 0 Å². The number of hydrogen-bond donors (Lipinski definition) is 0. The molecule has 2 fully saturated rings. The van der Waals surface area contributed by atoms with Gasteiger partial charge in [-0.05, 0) is 43.5 Å². The zero-order valence-corrected chi connectivity index (χ0v) is 20.5. The zero-order valence-electron chi connectivity index (χ0n) is 20.5. The maximum atomic E-state index is 13.0. The predicted octanol–water partition coefficient (Wildman–Crippen LogP) is 4.99. The summed E-state index contributed by atoms with van der Waals surface area (Å²) in [5.41, 5.74) is 1.39. The van der Waals surface area contributed by atoms with Crippen molar-refractivity contribution in [3.05, 3.63) is 75.3 Å². The van der Waals surface area contributed by atoms with E-state index in [9.17, 15) is 24.5 Å². The van der Waals surface area contributed by atoms with E-state index in [0.717, 1.165) is 25.7 Å². The molecule has 3 aliphatic rings. The summed E-state index contributed by atoms with van der Waals surface area (Å²) in [4.78, 5) is 50.4. The Bertz CT molecular complexity index is 1150. The quantitative estimate of drug-likeness (QED) is 0.281. The van der Waals surface area contributed by atoms with Crippen LogP contribution in [0.4, 0.5) is 5.69 Å². The molecule has 194 valence electrons. The number of non-ortho nitro benzene ring substituents is 1. The highest BCUT2D eigenvalue weighted by atomic mass is 16.7. The van der Waals surface area contributed by atoms with Gasteiger partial charge in [-0.25, -0.2) is 0 Å². The van der Waals surface area contributed by atoms with Crippen molar-refractivity contribution in [2.24, 2.45) is 5.92 Å². The minimum atomic E-state index is -0.800. The van der Waals surface area contributed by atoms with Gasteiger partial charge in [-0.15, -0.1) is 0 Å². The first kappa shape index (κ1) is 25.2. The van der Waals surface area contributed by atoms with E-state index < -0.39 is 11.2 Å². The third-order valence-electron chi connectivity index (χ3n) is 7.58. The number of amides is 2. The molecule has 0 spiro atoms. The Kier molecular flexibility index (Phi) is 7.43. The number of carbonyl (C=O) groups is 3. The number of ketones is 1. The number of carbonyl (C=O) groups excluding carboxylic acids is 3. The minimum Gasteiger partial charge on any atom is -0.345 e. The first-order valence-corrected chi connectivity index (χ1v) is 12.9. The summed E-state index contributed by atoms with van der Waals surface area (Å²) in [7, 11) is 0. The van der Waals surface area contributed by atoms with E-state index in [1.807, 2.05) is 0 Å². The highest BCUT2D eigenvalue weighted by Gasteiger charge is 2.38. The molecule has 0 bridgehead atoms. The number of nitro benzene ring substituents is 1. The van der Waals surface area contributed by atoms with Crippen LogP contribution in [0.3, 0.4) is 0 Å². The molecule has 37 heavy (non-hydrogen) atoms. The third-order valence-corrected chi connectivity index (χ3v) is 7.58. The first-order chi connectivity index (χ1) is 17.9. The average molecular weight is 507 g/mol. The number of benzene rings is 2.